The van der Waals surface area contributed by atoms with Crippen molar-refractivity contribution < 1.29 is 4.79 Å². The molecule has 0 aliphatic heterocycles. The second kappa shape index (κ2) is 6.09. The summed E-state index contributed by atoms with van der Waals surface area (Å²) in [5.41, 5.74) is 1.49. The van der Waals surface area contributed by atoms with Crippen molar-refractivity contribution in [1.82, 2.24) is 15.1 Å². The molecule has 1 amide bonds. The third kappa shape index (κ3) is 3.37. The van der Waals surface area contributed by atoms with Crippen molar-refractivity contribution in [2.75, 3.05) is 0 Å². The normalized spacial score (nSPS) is 10.5. The Balaban J connectivity index is 2.19. The Hall–Kier alpha value is -2.23. The number of nitrogens with zero attached hydrogens (tertiary/aromatic N) is 3. The molecule has 2 aromatic rings. The molecule has 1 heterocycles. The molecule has 0 aliphatic carbocycles. The molecule has 0 fully saturated rings. The summed E-state index contributed by atoms with van der Waals surface area (Å²) in [5.74, 6) is -0.0908. The first-order chi connectivity index (χ1) is 9.18. The minimum Gasteiger partial charge on any atom is -0.331 e. The third-order valence-corrected chi connectivity index (χ3v) is 2.87. The van der Waals surface area contributed by atoms with E-state index in [0.29, 0.717) is 12.2 Å². The quantitative estimate of drug-likeness (QED) is 0.843. The van der Waals surface area contributed by atoms with Crippen LogP contribution in [0.1, 0.15) is 29.9 Å². The van der Waals surface area contributed by atoms with Gasteiger partial charge in [0, 0.05) is 18.8 Å². The van der Waals surface area contributed by atoms with Gasteiger partial charge in [-0.15, -0.1) is 5.10 Å². The van der Waals surface area contributed by atoms with E-state index in [-0.39, 0.29) is 11.9 Å². The molecule has 4 nitrogen and oxygen atoms in total. The van der Waals surface area contributed by atoms with E-state index >= 15 is 0 Å². The van der Waals surface area contributed by atoms with Gasteiger partial charge in [-0.3, -0.25) is 4.79 Å². The highest BCUT2D eigenvalue weighted by Crippen LogP contribution is 2.11. The number of hydrogen-bond acceptors (Lipinski definition) is 3. The number of rotatable bonds is 4. The number of carbonyl (C=O) groups excluding carboxylic acids is 1. The van der Waals surface area contributed by atoms with Gasteiger partial charge in [-0.05, 0) is 31.5 Å². The Morgan fingerprint density at radius 2 is 1.89 bits per heavy atom. The molecular weight excluding hydrogens is 238 g/mol. The molecule has 0 radical (unpaired) electrons. The van der Waals surface area contributed by atoms with E-state index in [1.807, 2.05) is 44.2 Å². The van der Waals surface area contributed by atoms with Crippen LogP contribution in [0.15, 0.2) is 48.7 Å². The van der Waals surface area contributed by atoms with Crippen LogP contribution in [-0.4, -0.2) is 27.0 Å². The fourth-order valence-corrected chi connectivity index (χ4v) is 1.83. The lowest BCUT2D eigenvalue weighted by molar-refractivity contribution is 0.0683. The molecule has 1 aromatic carbocycles. The average molecular weight is 255 g/mol. The van der Waals surface area contributed by atoms with E-state index in [1.54, 1.807) is 23.2 Å². The van der Waals surface area contributed by atoms with Crippen LogP contribution in [0.3, 0.4) is 0 Å². The molecule has 0 atom stereocenters. The van der Waals surface area contributed by atoms with Crippen molar-refractivity contribution in [3.05, 3.63) is 59.9 Å². The van der Waals surface area contributed by atoms with E-state index in [9.17, 15) is 4.79 Å². The van der Waals surface area contributed by atoms with Crippen molar-refractivity contribution in [3.8, 4) is 0 Å². The van der Waals surface area contributed by atoms with Crippen LogP contribution < -0.4 is 0 Å². The van der Waals surface area contributed by atoms with E-state index in [4.69, 9.17) is 0 Å². The highest BCUT2D eigenvalue weighted by Gasteiger charge is 2.20. The molecule has 0 saturated carbocycles. The molecule has 0 unspecified atom stereocenters. The molecule has 98 valence electrons. The Morgan fingerprint density at radius 1 is 1.16 bits per heavy atom. The van der Waals surface area contributed by atoms with Crippen LogP contribution in [0.2, 0.25) is 0 Å². The van der Waals surface area contributed by atoms with Crippen molar-refractivity contribution in [3.63, 3.8) is 0 Å². The zero-order valence-electron chi connectivity index (χ0n) is 11.2. The second-order valence-corrected chi connectivity index (χ2v) is 4.62. The van der Waals surface area contributed by atoms with E-state index in [1.165, 1.54) is 0 Å². The molecule has 2 rings (SSSR count). The Bertz CT molecular complexity index is 526. The summed E-state index contributed by atoms with van der Waals surface area (Å²) >= 11 is 0. The highest BCUT2D eigenvalue weighted by atomic mass is 16.2. The van der Waals surface area contributed by atoms with Crippen LogP contribution in [0.25, 0.3) is 0 Å². The maximum absolute atomic E-state index is 12.4. The van der Waals surface area contributed by atoms with Crippen molar-refractivity contribution >= 4 is 5.91 Å². The standard InChI is InChI=1S/C15H17N3O/c1-12(2)18(11-13-7-4-3-5-8-13)15(19)14-9-6-10-16-17-14/h3-10,12H,11H2,1-2H3. The number of hydrogen-bond donors (Lipinski definition) is 0. The summed E-state index contributed by atoms with van der Waals surface area (Å²) in [5, 5.41) is 7.64. The van der Waals surface area contributed by atoms with E-state index in [0.717, 1.165) is 5.56 Å². The molecule has 0 bridgehead atoms. The molecule has 19 heavy (non-hydrogen) atoms. The van der Waals surface area contributed by atoms with Gasteiger partial charge >= 0.3 is 0 Å². The Morgan fingerprint density at radius 3 is 2.47 bits per heavy atom. The second-order valence-electron chi connectivity index (χ2n) is 4.62. The fourth-order valence-electron chi connectivity index (χ4n) is 1.83. The van der Waals surface area contributed by atoms with Gasteiger partial charge in [-0.25, -0.2) is 0 Å². The lowest BCUT2D eigenvalue weighted by Gasteiger charge is -2.26. The van der Waals surface area contributed by atoms with Crippen LogP contribution >= 0.6 is 0 Å². The molecule has 0 saturated heterocycles. The summed E-state index contributed by atoms with van der Waals surface area (Å²) < 4.78 is 0. The van der Waals surface area contributed by atoms with Crippen LogP contribution in [0, 0.1) is 0 Å². The maximum Gasteiger partial charge on any atom is 0.274 e. The van der Waals surface area contributed by atoms with Crippen molar-refractivity contribution in [2.45, 2.75) is 26.4 Å². The first-order valence-corrected chi connectivity index (χ1v) is 6.31. The molecule has 1 aromatic heterocycles. The molecule has 0 aliphatic rings. The van der Waals surface area contributed by atoms with Crippen LogP contribution in [0.4, 0.5) is 0 Å². The monoisotopic (exact) mass is 255 g/mol. The van der Waals surface area contributed by atoms with Gasteiger partial charge < -0.3 is 4.90 Å². The van der Waals surface area contributed by atoms with Crippen molar-refractivity contribution in [2.24, 2.45) is 0 Å². The first kappa shape index (κ1) is 13.2. The lowest BCUT2D eigenvalue weighted by Crippen LogP contribution is -2.36. The topological polar surface area (TPSA) is 46.1 Å². The minimum atomic E-state index is -0.0908. The molecule has 0 N–H and O–H groups in total. The Labute approximate surface area is 113 Å². The third-order valence-electron chi connectivity index (χ3n) is 2.87. The van der Waals surface area contributed by atoms with Gasteiger partial charge in [-0.1, -0.05) is 30.3 Å². The number of aromatic nitrogens is 2. The minimum absolute atomic E-state index is 0.0908. The van der Waals surface area contributed by atoms with Gasteiger partial charge in [0.25, 0.3) is 5.91 Å². The molecule has 4 heteroatoms. The zero-order chi connectivity index (χ0) is 13.7. The summed E-state index contributed by atoms with van der Waals surface area (Å²) in [6, 6.07) is 13.5. The summed E-state index contributed by atoms with van der Waals surface area (Å²) in [6.45, 7) is 4.57. The fraction of sp³-hybridized carbons (Fsp3) is 0.267. The van der Waals surface area contributed by atoms with Gasteiger partial charge in [0.15, 0.2) is 5.69 Å². The first-order valence-electron chi connectivity index (χ1n) is 6.31. The van der Waals surface area contributed by atoms with Crippen molar-refractivity contribution in [1.29, 1.82) is 0 Å². The van der Waals surface area contributed by atoms with Crippen LogP contribution in [0.5, 0.6) is 0 Å². The summed E-state index contributed by atoms with van der Waals surface area (Å²) in [7, 11) is 0. The number of amides is 1. The number of benzene rings is 1. The zero-order valence-corrected chi connectivity index (χ0v) is 11.2. The SMILES string of the molecule is CC(C)N(Cc1ccccc1)C(=O)c1cccnn1. The number of carbonyl (C=O) groups is 1. The summed E-state index contributed by atoms with van der Waals surface area (Å²) in [4.78, 5) is 14.2. The Kier molecular flexibility index (Phi) is 4.23. The maximum atomic E-state index is 12.4. The van der Waals surface area contributed by atoms with Gasteiger partial charge in [0.05, 0.1) is 0 Å². The van der Waals surface area contributed by atoms with Gasteiger partial charge in [-0.2, -0.15) is 5.10 Å². The van der Waals surface area contributed by atoms with E-state index < -0.39 is 0 Å². The largest absolute Gasteiger partial charge is 0.331 e. The molecule has 0 spiro atoms. The molecular formula is C15H17N3O. The van der Waals surface area contributed by atoms with E-state index in [2.05, 4.69) is 10.2 Å². The van der Waals surface area contributed by atoms with Gasteiger partial charge in [0.1, 0.15) is 0 Å². The smallest absolute Gasteiger partial charge is 0.274 e. The predicted octanol–water partition coefficient (Wildman–Crippen LogP) is 2.53. The van der Waals surface area contributed by atoms with Crippen LogP contribution in [-0.2, 0) is 6.54 Å². The van der Waals surface area contributed by atoms with Gasteiger partial charge in [0.2, 0.25) is 0 Å². The highest BCUT2D eigenvalue weighted by molar-refractivity contribution is 5.92. The predicted molar refractivity (Wildman–Crippen MR) is 73.5 cm³/mol. The lowest BCUT2D eigenvalue weighted by atomic mass is 10.1. The average Bonchev–Trinajstić information content (AvgIpc) is 2.46. The summed E-state index contributed by atoms with van der Waals surface area (Å²) in [6.07, 6.45) is 1.56.